The van der Waals surface area contributed by atoms with Crippen LogP contribution in [0.15, 0.2) is 0 Å². The maximum Gasteiger partial charge on any atom is 0.263 e. The first kappa shape index (κ1) is 17.6. The minimum atomic E-state index is -3.90. The van der Waals surface area contributed by atoms with E-state index in [9.17, 15) is 17.2 Å². The molecule has 4 bridgehead atoms. The van der Waals surface area contributed by atoms with Crippen LogP contribution in [0.2, 0.25) is 0 Å². The quantitative estimate of drug-likeness (QED) is 0.675. The molecule has 0 radical (unpaired) electrons. The first-order chi connectivity index (χ1) is 10.7. The summed E-state index contributed by atoms with van der Waals surface area (Å²) in [5.41, 5.74) is -0.294. The lowest BCUT2D eigenvalue weighted by atomic mass is 9.48. The Morgan fingerprint density at radius 1 is 1.09 bits per heavy atom. The van der Waals surface area contributed by atoms with E-state index in [0.717, 1.165) is 25.7 Å². The summed E-state index contributed by atoms with van der Waals surface area (Å²) in [7, 11) is -3.90. The van der Waals surface area contributed by atoms with Crippen molar-refractivity contribution in [2.75, 3.05) is 12.3 Å². The van der Waals surface area contributed by atoms with Gasteiger partial charge in [-0.25, -0.2) is 21.9 Å². The molecule has 23 heavy (non-hydrogen) atoms. The molecule has 0 aromatic rings. The molecule has 1 N–H and O–H groups in total. The molecule has 0 atom stereocenters. The Bertz CT molecular complexity index is 497. The number of rotatable bonds is 8. The third-order valence-corrected chi connectivity index (χ3v) is 7.50. The van der Waals surface area contributed by atoms with Crippen LogP contribution in [0.3, 0.4) is 0 Å². The van der Waals surface area contributed by atoms with E-state index in [-0.39, 0.29) is 18.4 Å². The fourth-order valence-electron chi connectivity index (χ4n) is 5.84. The van der Waals surface area contributed by atoms with E-state index in [1.165, 1.54) is 19.3 Å². The van der Waals surface area contributed by atoms with Crippen molar-refractivity contribution in [2.24, 2.45) is 23.2 Å². The highest BCUT2D eigenvalue weighted by Crippen LogP contribution is 2.62. The Hall–Kier alpha value is -0.230. The number of hydrogen-bond acceptors (Lipinski definition) is 2. The van der Waals surface area contributed by atoms with Crippen molar-refractivity contribution < 1.29 is 17.2 Å². The monoisotopic (exact) mass is 349 g/mol. The van der Waals surface area contributed by atoms with Gasteiger partial charge in [0.05, 0.1) is 0 Å². The molecule has 0 amide bonds. The highest BCUT2D eigenvalue weighted by Gasteiger charge is 2.54. The van der Waals surface area contributed by atoms with Gasteiger partial charge in [0, 0.05) is 13.0 Å². The van der Waals surface area contributed by atoms with Crippen LogP contribution >= 0.6 is 0 Å². The molecule has 0 aromatic carbocycles. The van der Waals surface area contributed by atoms with Crippen LogP contribution in [0.5, 0.6) is 0 Å². The molecule has 0 spiro atoms. The molecule has 4 fully saturated rings. The van der Waals surface area contributed by atoms with Crippen LogP contribution < -0.4 is 4.72 Å². The van der Waals surface area contributed by atoms with Crippen LogP contribution in [-0.2, 0) is 10.0 Å². The first-order valence-corrected chi connectivity index (χ1v) is 10.7. The van der Waals surface area contributed by atoms with Crippen LogP contribution in [0, 0.1) is 23.2 Å². The van der Waals surface area contributed by atoms with Gasteiger partial charge in [-0.3, -0.25) is 0 Å². The zero-order chi connectivity index (χ0) is 16.7. The van der Waals surface area contributed by atoms with E-state index in [2.05, 4.69) is 4.72 Å². The average Bonchev–Trinajstić information content (AvgIpc) is 2.33. The maximum absolute atomic E-state index is 14.5. The summed E-state index contributed by atoms with van der Waals surface area (Å²) < 4.78 is 55.2. The maximum atomic E-state index is 14.5. The SMILES string of the molecule is CCCCNS(=O)(=O)CC(F)(F)CC12CC3CC(CC(C3)C1)C2. The molecule has 4 rings (SSSR count). The second-order valence-corrected chi connectivity index (χ2v) is 10.3. The zero-order valence-electron chi connectivity index (χ0n) is 14.0. The van der Waals surface area contributed by atoms with Gasteiger partial charge in [-0.1, -0.05) is 13.3 Å². The van der Waals surface area contributed by atoms with E-state index >= 15 is 0 Å². The van der Waals surface area contributed by atoms with Gasteiger partial charge in [-0.15, -0.1) is 0 Å². The number of nitrogens with one attached hydrogen (secondary N) is 1. The minimum absolute atomic E-state index is 0.238. The van der Waals surface area contributed by atoms with Crippen LogP contribution in [-0.4, -0.2) is 26.6 Å². The summed E-state index contributed by atoms with van der Waals surface area (Å²) in [4.78, 5) is 0. The van der Waals surface area contributed by atoms with Gasteiger partial charge in [0.2, 0.25) is 10.0 Å². The van der Waals surface area contributed by atoms with Crippen molar-refractivity contribution >= 4 is 10.0 Å². The summed E-state index contributed by atoms with van der Waals surface area (Å²) in [5, 5.41) is 0. The van der Waals surface area contributed by atoms with Crippen LogP contribution in [0.25, 0.3) is 0 Å². The Labute approximate surface area is 138 Å². The fraction of sp³-hybridized carbons (Fsp3) is 1.00. The van der Waals surface area contributed by atoms with Crippen LogP contribution in [0.4, 0.5) is 8.78 Å². The van der Waals surface area contributed by atoms with Gasteiger partial charge in [-0.2, -0.15) is 0 Å². The zero-order valence-corrected chi connectivity index (χ0v) is 14.8. The summed E-state index contributed by atoms with van der Waals surface area (Å²) in [5.74, 6) is -2.35. The Kier molecular flexibility index (Phi) is 4.78. The fourth-order valence-corrected chi connectivity index (χ4v) is 7.06. The smallest absolute Gasteiger partial charge is 0.215 e. The van der Waals surface area contributed by atoms with Gasteiger partial charge < -0.3 is 0 Å². The number of halogens is 2. The highest BCUT2D eigenvalue weighted by atomic mass is 32.2. The molecule has 0 aromatic heterocycles. The molecule has 6 heteroatoms. The lowest BCUT2D eigenvalue weighted by Crippen LogP contribution is -2.49. The number of unbranched alkanes of at least 4 members (excludes halogenated alkanes) is 1. The topological polar surface area (TPSA) is 46.2 Å². The molecule has 4 aliphatic rings. The molecule has 134 valence electrons. The lowest BCUT2D eigenvalue weighted by molar-refractivity contribution is -0.110. The van der Waals surface area contributed by atoms with E-state index in [1.807, 2.05) is 6.92 Å². The summed E-state index contributed by atoms with van der Waals surface area (Å²) >= 11 is 0. The Balaban J connectivity index is 1.62. The number of hydrogen-bond donors (Lipinski definition) is 1. The standard InChI is InChI=1S/C17H29F2NO2S/c1-2-3-4-20-23(21,22)12-17(18,19)11-16-8-13-5-14(9-16)7-15(6-13)10-16/h13-15,20H,2-12H2,1H3. The molecule has 0 unspecified atom stereocenters. The predicted molar refractivity (Wildman–Crippen MR) is 86.9 cm³/mol. The second-order valence-electron chi connectivity index (χ2n) is 8.46. The third-order valence-electron chi connectivity index (χ3n) is 6.05. The highest BCUT2D eigenvalue weighted by molar-refractivity contribution is 7.89. The molecule has 4 aliphatic carbocycles. The van der Waals surface area contributed by atoms with Crippen molar-refractivity contribution in [3.05, 3.63) is 0 Å². The molecule has 3 nitrogen and oxygen atoms in total. The molecule has 0 heterocycles. The predicted octanol–water partition coefficient (Wildman–Crippen LogP) is 3.95. The first-order valence-electron chi connectivity index (χ1n) is 9.06. The van der Waals surface area contributed by atoms with Gasteiger partial charge in [0.1, 0.15) is 5.75 Å². The van der Waals surface area contributed by atoms with E-state index < -0.39 is 21.7 Å². The van der Waals surface area contributed by atoms with E-state index in [0.29, 0.717) is 24.2 Å². The lowest BCUT2D eigenvalue weighted by Gasteiger charge is -2.57. The second kappa shape index (κ2) is 6.25. The number of sulfonamides is 1. The largest absolute Gasteiger partial charge is 0.263 e. The molecule has 0 saturated heterocycles. The molecule has 4 saturated carbocycles. The van der Waals surface area contributed by atoms with E-state index in [1.54, 1.807) is 0 Å². The summed E-state index contributed by atoms with van der Waals surface area (Å²) in [6.45, 7) is 2.20. The third kappa shape index (κ3) is 4.25. The van der Waals surface area contributed by atoms with Crippen molar-refractivity contribution in [2.45, 2.75) is 70.6 Å². The van der Waals surface area contributed by atoms with Crippen molar-refractivity contribution in [3.63, 3.8) is 0 Å². The van der Waals surface area contributed by atoms with Gasteiger partial charge in [-0.05, 0) is 68.1 Å². The minimum Gasteiger partial charge on any atom is -0.215 e. The molecule has 0 aliphatic heterocycles. The normalized spacial score (nSPS) is 36.6. The summed E-state index contributed by atoms with van der Waals surface area (Å²) in [6.07, 6.45) is 7.57. The Morgan fingerprint density at radius 3 is 2.09 bits per heavy atom. The van der Waals surface area contributed by atoms with Gasteiger partial charge in [0.25, 0.3) is 5.92 Å². The van der Waals surface area contributed by atoms with Crippen molar-refractivity contribution in [3.8, 4) is 0 Å². The van der Waals surface area contributed by atoms with Crippen molar-refractivity contribution in [1.29, 1.82) is 0 Å². The van der Waals surface area contributed by atoms with Gasteiger partial charge in [0.15, 0.2) is 0 Å². The summed E-state index contributed by atoms with van der Waals surface area (Å²) in [6, 6.07) is 0. The van der Waals surface area contributed by atoms with E-state index in [4.69, 9.17) is 0 Å². The van der Waals surface area contributed by atoms with Crippen molar-refractivity contribution in [1.82, 2.24) is 4.72 Å². The van der Waals surface area contributed by atoms with Gasteiger partial charge >= 0.3 is 0 Å². The average molecular weight is 349 g/mol. The molecular weight excluding hydrogens is 320 g/mol. The number of alkyl halides is 2. The van der Waals surface area contributed by atoms with Crippen LogP contribution in [0.1, 0.15) is 64.7 Å². The molecular formula is C17H29F2NO2S. The Morgan fingerprint density at radius 2 is 1.61 bits per heavy atom.